The summed E-state index contributed by atoms with van der Waals surface area (Å²) in [7, 11) is 0. The molecule has 0 aliphatic carbocycles. The Balaban J connectivity index is 5.39. The van der Waals surface area contributed by atoms with Crippen molar-refractivity contribution in [1.29, 1.82) is 0 Å². The molecule has 0 aliphatic heterocycles. The smallest absolute Gasteiger partial charge is 0.111 e. The topological polar surface area (TPSA) is 0 Å². The van der Waals surface area contributed by atoms with Crippen LogP contribution in [0, 0.1) is 0 Å². The average molecular weight is 228 g/mol. The Morgan fingerprint density at radius 2 is 0.750 bits per heavy atom. The average Bonchev–Trinajstić information content (AvgIpc) is 2.16. The van der Waals surface area contributed by atoms with Crippen molar-refractivity contribution in [2.24, 2.45) is 0 Å². The van der Waals surface area contributed by atoms with Crippen LogP contribution in [0.5, 0.6) is 0 Å². The summed E-state index contributed by atoms with van der Waals surface area (Å²) >= 11 is -1.57. The van der Waals surface area contributed by atoms with Gasteiger partial charge in [-0.15, -0.1) is 33.0 Å². The van der Waals surface area contributed by atoms with Crippen LogP contribution in [0.4, 0.5) is 0 Å². The quantitative estimate of drug-likeness (QED) is 0.464. The van der Waals surface area contributed by atoms with Gasteiger partial charge in [0.1, 0.15) is 0 Å². The molecule has 0 N–H and O–H groups in total. The van der Waals surface area contributed by atoms with E-state index < -0.39 is 14.1 Å². The fourth-order valence-electron chi connectivity index (χ4n) is 1.37. The highest BCUT2D eigenvalue weighted by Gasteiger charge is 2.28. The van der Waals surface area contributed by atoms with Gasteiger partial charge in [-0.3, -0.25) is 0 Å². The van der Waals surface area contributed by atoms with Crippen molar-refractivity contribution < 1.29 is 0 Å². The van der Waals surface area contributed by atoms with Gasteiger partial charge in [0.05, 0.1) is 0 Å². The zero-order valence-electron chi connectivity index (χ0n) is 10.8. The van der Waals surface area contributed by atoms with Gasteiger partial charge in [0.25, 0.3) is 0 Å². The van der Waals surface area contributed by atoms with Gasteiger partial charge in [0, 0.05) is 0 Å². The lowest BCUT2D eigenvalue weighted by Gasteiger charge is -2.20. The Bertz CT molecular complexity index is 332. The molecule has 0 radical (unpaired) electrons. The third kappa shape index (κ3) is 3.52. The highest BCUT2D eigenvalue weighted by molar-refractivity contribution is 6.82. The summed E-state index contributed by atoms with van der Waals surface area (Å²) in [6.45, 7) is 30.1. The molecule has 16 heavy (non-hydrogen) atoms. The second kappa shape index (κ2) is 5.89. The summed E-state index contributed by atoms with van der Waals surface area (Å²) in [5, 5.41) is 0. The Kier molecular flexibility index (Phi) is 5.52. The van der Waals surface area contributed by atoms with E-state index in [2.05, 4.69) is 39.5 Å². The van der Waals surface area contributed by atoms with Gasteiger partial charge < -0.3 is 0 Å². The van der Waals surface area contributed by atoms with Crippen LogP contribution in [0.3, 0.4) is 0 Å². The summed E-state index contributed by atoms with van der Waals surface area (Å²) in [6, 6.07) is 0. The van der Waals surface area contributed by atoms with E-state index in [0.717, 1.165) is 30.0 Å². The SMILES string of the molecule is C=C(C)[C](=C)[Al]([C](=C)C(=C)C)[C](=C)C(=C)C. The number of allylic oxidation sites excluding steroid dienone is 6. The second-order valence-corrected chi connectivity index (χ2v) is 7.31. The third-order valence-electron chi connectivity index (χ3n) is 2.69. The van der Waals surface area contributed by atoms with E-state index in [0.29, 0.717) is 0 Å². The summed E-state index contributed by atoms with van der Waals surface area (Å²) in [5.41, 5.74) is 3.00. The van der Waals surface area contributed by atoms with Crippen molar-refractivity contribution in [3.05, 3.63) is 69.5 Å². The van der Waals surface area contributed by atoms with Crippen LogP contribution in [0.15, 0.2) is 69.5 Å². The van der Waals surface area contributed by atoms with E-state index in [9.17, 15) is 0 Å². The number of hydrogen-bond acceptors (Lipinski definition) is 0. The maximum Gasteiger partial charge on any atom is 0.381 e. The molecule has 0 nitrogen and oxygen atoms in total. The van der Waals surface area contributed by atoms with Gasteiger partial charge in [-0.05, 0) is 20.8 Å². The van der Waals surface area contributed by atoms with Crippen LogP contribution < -0.4 is 0 Å². The predicted molar refractivity (Wildman–Crippen MR) is 77.6 cm³/mol. The molecule has 0 rings (SSSR count). The lowest BCUT2D eigenvalue weighted by molar-refractivity contribution is 1.45. The molecule has 0 bridgehead atoms. The molecular weight excluding hydrogens is 207 g/mol. The van der Waals surface area contributed by atoms with Crippen molar-refractivity contribution in [3.63, 3.8) is 0 Å². The van der Waals surface area contributed by atoms with E-state index in [1.807, 2.05) is 20.8 Å². The minimum atomic E-state index is -1.57. The summed E-state index contributed by atoms with van der Waals surface area (Å²) in [5.74, 6) is 0. The molecule has 1 heteroatoms. The summed E-state index contributed by atoms with van der Waals surface area (Å²) in [4.78, 5) is 0. The highest BCUT2D eigenvalue weighted by atomic mass is 27.2. The molecule has 0 aliphatic rings. The Morgan fingerprint density at radius 3 is 0.875 bits per heavy atom. The monoisotopic (exact) mass is 228 g/mol. The number of rotatable bonds is 6. The lowest BCUT2D eigenvalue weighted by Crippen LogP contribution is -2.24. The van der Waals surface area contributed by atoms with Crippen molar-refractivity contribution >= 4 is 14.1 Å². The molecule has 0 amide bonds. The van der Waals surface area contributed by atoms with E-state index in [-0.39, 0.29) is 0 Å². The van der Waals surface area contributed by atoms with Gasteiger partial charge >= 0.3 is 14.1 Å². The van der Waals surface area contributed by atoms with Crippen molar-refractivity contribution in [3.8, 4) is 0 Å². The molecule has 0 heterocycles. The van der Waals surface area contributed by atoms with E-state index in [4.69, 9.17) is 0 Å². The van der Waals surface area contributed by atoms with Gasteiger partial charge in [-0.2, -0.15) is 0 Å². The maximum atomic E-state index is 4.12. The van der Waals surface area contributed by atoms with Crippen LogP contribution in [-0.4, -0.2) is 14.1 Å². The fourth-order valence-corrected chi connectivity index (χ4v) is 4.11. The molecule has 0 aromatic rings. The first kappa shape index (κ1) is 15.0. The Morgan fingerprint density at radius 1 is 0.562 bits per heavy atom. The molecule has 0 saturated carbocycles. The first-order valence-corrected chi connectivity index (χ1v) is 6.97. The third-order valence-corrected chi connectivity index (χ3v) is 6.26. The van der Waals surface area contributed by atoms with Crippen molar-refractivity contribution in [2.75, 3.05) is 0 Å². The van der Waals surface area contributed by atoms with Gasteiger partial charge in [0.2, 0.25) is 0 Å². The van der Waals surface area contributed by atoms with Crippen molar-refractivity contribution in [2.45, 2.75) is 20.8 Å². The first-order chi connectivity index (χ1) is 7.20. The lowest BCUT2D eigenvalue weighted by atomic mass is 10.3. The molecule has 0 aromatic carbocycles. The van der Waals surface area contributed by atoms with E-state index in [1.54, 1.807) is 0 Å². The van der Waals surface area contributed by atoms with Crippen LogP contribution in [0.2, 0.25) is 0 Å². The Labute approximate surface area is 104 Å². The zero-order chi connectivity index (χ0) is 13.0. The molecule has 0 atom stereocenters. The normalized spacial score (nSPS) is 9.19. The number of hydrogen-bond donors (Lipinski definition) is 0. The summed E-state index contributed by atoms with van der Waals surface area (Å²) in [6.07, 6.45) is 0. The predicted octanol–water partition coefficient (Wildman–Crippen LogP) is 4.50. The Hall–Kier alpha value is -1.03. The van der Waals surface area contributed by atoms with E-state index >= 15 is 0 Å². The molecule has 0 saturated heterocycles. The molecule has 0 fully saturated rings. The van der Waals surface area contributed by atoms with Gasteiger partial charge in [-0.25, -0.2) is 0 Å². The second-order valence-electron chi connectivity index (χ2n) is 4.35. The van der Waals surface area contributed by atoms with Crippen LogP contribution >= 0.6 is 0 Å². The minimum absolute atomic E-state index is 1.00. The van der Waals surface area contributed by atoms with Gasteiger partial charge in [-0.1, -0.05) is 36.5 Å². The molecule has 0 spiro atoms. The largest absolute Gasteiger partial charge is 0.381 e. The highest BCUT2D eigenvalue weighted by Crippen LogP contribution is 2.26. The summed E-state index contributed by atoms with van der Waals surface area (Å²) < 4.78 is 3.21. The molecule has 0 aromatic heterocycles. The standard InChI is InChI=1S/3C5H7.Al/c3*1-4-5(2)3;/h3*1-2H2,3H3;. The van der Waals surface area contributed by atoms with Crippen LogP contribution in [0.1, 0.15) is 20.8 Å². The van der Waals surface area contributed by atoms with E-state index in [1.165, 1.54) is 0 Å². The molecular formula is C15H21Al. The van der Waals surface area contributed by atoms with Crippen LogP contribution in [-0.2, 0) is 0 Å². The minimum Gasteiger partial charge on any atom is -0.111 e. The molecule has 84 valence electrons. The fraction of sp³-hybridized carbons (Fsp3) is 0.200. The molecule has 0 unspecified atom stereocenters. The first-order valence-electron chi connectivity index (χ1n) is 5.24. The maximum absolute atomic E-state index is 4.12. The van der Waals surface area contributed by atoms with Gasteiger partial charge in [0.15, 0.2) is 0 Å². The zero-order valence-corrected chi connectivity index (χ0v) is 12.0. The van der Waals surface area contributed by atoms with Crippen LogP contribution in [0.25, 0.3) is 0 Å². The van der Waals surface area contributed by atoms with Crippen molar-refractivity contribution in [1.82, 2.24) is 0 Å².